The minimum absolute atomic E-state index is 0.539. The summed E-state index contributed by atoms with van der Waals surface area (Å²) in [6, 6.07) is 2.66. The highest BCUT2D eigenvalue weighted by atomic mass is 15.3. The third kappa shape index (κ3) is 2.77. The molecular formula is C13H23N3. The van der Waals surface area contributed by atoms with Gasteiger partial charge in [-0.3, -0.25) is 4.68 Å². The van der Waals surface area contributed by atoms with Gasteiger partial charge in [-0.25, -0.2) is 0 Å². The van der Waals surface area contributed by atoms with Crippen LogP contribution in [0.3, 0.4) is 0 Å². The van der Waals surface area contributed by atoms with Gasteiger partial charge in [0.25, 0.3) is 0 Å². The van der Waals surface area contributed by atoms with Gasteiger partial charge >= 0.3 is 0 Å². The van der Waals surface area contributed by atoms with Crippen molar-refractivity contribution in [3.8, 4) is 0 Å². The molecule has 1 N–H and O–H groups in total. The molecule has 1 unspecified atom stereocenters. The SMILES string of the molecule is Cc1cc(NC(C)CC2CCCC2)nn1C. The van der Waals surface area contributed by atoms with Crippen LogP contribution >= 0.6 is 0 Å². The number of aromatic nitrogens is 2. The molecule has 1 aliphatic rings. The van der Waals surface area contributed by atoms with E-state index in [-0.39, 0.29) is 0 Å². The van der Waals surface area contributed by atoms with Gasteiger partial charge in [-0.15, -0.1) is 0 Å². The maximum absolute atomic E-state index is 4.43. The fourth-order valence-corrected chi connectivity index (χ4v) is 2.69. The lowest BCUT2D eigenvalue weighted by molar-refractivity contribution is 0.471. The molecule has 0 bridgehead atoms. The molecule has 0 spiro atoms. The van der Waals surface area contributed by atoms with Crippen molar-refractivity contribution in [2.75, 3.05) is 5.32 Å². The predicted molar refractivity (Wildman–Crippen MR) is 67.6 cm³/mol. The van der Waals surface area contributed by atoms with E-state index < -0.39 is 0 Å². The zero-order valence-electron chi connectivity index (χ0n) is 10.7. The van der Waals surface area contributed by atoms with Crippen LogP contribution in [0.2, 0.25) is 0 Å². The summed E-state index contributed by atoms with van der Waals surface area (Å²) in [6.07, 6.45) is 7.00. The second-order valence-corrected chi connectivity index (χ2v) is 5.23. The van der Waals surface area contributed by atoms with Gasteiger partial charge in [0.15, 0.2) is 0 Å². The van der Waals surface area contributed by atoms with Crippen LogP contribution in [0.25, 0.3) is 0 Å². The van der Waals surface area contributed by atoms with Crippen LogP contribution in [0.15, 0.2) is 6.07 Å². The minimum atomic E-state index is 0.539. The van der Waals surface area contributed by atoms with Crippen molar-refractivity contribution in [3.05, 3.63) is 11.8 Å². The van der Waals surface area contributed by atoms with E-state index in [0.29, 0.717) is 6.04 Å². The van der Waals surface area contributed by atoms with E-state index in [1.165, 1.54) is 37.8 Å². The lowest BCUT2D eigenvalue weighted by Gasteiger charge is -2.17. The second-order valence-electron chi connectivity index (χ2n) is 5.23. The lowest BCUT2D eigenvalue weighted by Crippen LogP contribution is -2.18. The van der Waals surface area contributed by atoms with Crippen LogP contribution in [-0.4, -0.2) is 15.8 Å². The van der Waals surface area contributed by atoms with Crippen molar-refractivity contribution in [2.45, 2.75) is 52.0 Å². The zero-order valence-corrected chi connectivity index (χ0v) is 10.7. The first-order valence-electron chi connectivity index (χ1n) is 6.42. The first-order valence-corrected chi connectivity index (χ1v) is 6.42. The summed E-state index contributed by atoms with van der Waals surface area (Å²) in [6.45, 7) is 4.35. The molecule has 16 heavy (non-hydrogen) atoms. The Labute approximate surface area is 98.2 Å². The maximum Gasteiger partial charge on any atom is 0.148 e. The van der Waals surface area contributed by atoms with Crippen LogP contribution in [0.5, 0.6) is 0 Å². The molecule has 1 aromatic heterocycles. The summed E-state index contributed by atoms with van der Waals surface area (Å²) in [4.78, 5) is 0. The van der Waals surface area contributed by atoms with Gasteiger partial charge in [0, 0.05) is 24.8 Å². The summed E-state index contributed by atoms with van der Waals surface area (Å²) in [5.74, 6) is 1.96. The fourth-order valence-electron chi connectivity index (χ4n) is 2.69. The second kappa shape index (κ2) is 4.89. The van der Waals surface area contributed by atoms with Gasteiger partial charge in [-0.05, 0) is 26.2 Å². The Morgan fingerprint density at radius 3 is 2.75 bits per heavy atom. The Morgan fingerprint density at radius 1 is 1.50 bits per heavy atom. The molecule has 1 heterocycles. The molecular weight excluding hydrogens is 198 g/mol. The summed E-state index contributed by atoms with van der Waals surface area (Å²) < 4.78 is 1.92. The van der Waals surface area contributed by atoms with Gasteiger partial charge in [0.1, 0.15) is 5.82 Å². The van der Waals surface area contributed by atoms with Crippen molar-refractivity contribution in [2.24, 2.45) is 13.0 Å². The van der Waals surface area contributed by atoms with Gasteiger partial charge in [0.2, 0.25) is 0 Å². The number of hydrogen-bond acceptors (Lipinski definition) is 2. The van der Waals surface area contributed by atoms with Crippen molar-refractivity contribution >= 4 is 5.82 Å². The predicted octanol–water partition coefficient (Wildman–Crippen LogP) is 3.11. The van der Waals surface area contributed by atoms with E-state index in [9.17, 15) is 0 Å². The molecule has 3 heteroatoms. The van der Waals surface area contributed by atoms with Crippen LogP contribution in [0.1, 0.15) is 44.7 Å². The monoisotopic (exact) mass is 221 g/mol. The van der Waals surface area contributed by atoms with Crippen molar-refractivity contribution in [3.63, 3.8) is 0 Å². The van der Waals surface area contributed by atoms with Crippen LogP contribution in [0, 0.1) is 12.8 Å². The molecule has 2 rings (SSSR count). The van der Waals surface area contributed by atoms with E-state index in [1.807, 2.05) is 11.7 Å². The smallest absolute Gasteiger partial charge is 0.148 e. The maximum atomic E-state index is 4.43. The molecule has 1 aliphatic carbocycles. The van der Waals surface area contributed by atoms with Crippen LogP contribution in [0.4, 0.5) is 5.82 Å². The first kappa shape index (κ1) is 11.5. The lowest BCUT2D eigenvalue weighted by atomic mass is 9.99. The number of nitrogens with zero attached hydrogens (tertiary/aromatic N) is 2. The molecule has 1 fully saturated rings. The average molecular weight is 221 g/mol. The van der Waals surface area contributed by atoms with Gasteiger partial charge in [-0.2, -0.15) is 5.10 Å². The molecule has 0 aliphatic heterocycles. The number of aryl methyl sites for hydroxylation is 2. The van der Waals surface area contributed by atoms with E-state index >= 15 is 0 Å². The molecule has 0 amide bonds. The molecule has 0 saturated heterocycles. The average Bonchev–Trinajstić information content (AvgIpc) is 2.78. The zero-order chi connectivity index (χ0) is 11.5. The van der Waals surface area contributed by atoms with Crippen molar-refractivity contribution in [1.29, 1.82) is 0 Å². The number of anilines is 1. The van der Waals surface area contributed by atoms with E-state index in [0.717, 1.165) is 11.7 Å². The van der Waals surface area contributed by atoms with E-state index in [2.05, 4.69) is 30.3 Å². The minimum Gasteiger partial charge on any atom is -0.366 e. The third-order valence-corrected chi connectivity index (χ3v) is 3.67. The number of hydrogen-bond donors (Lipinski definition) is 1. The summed E-state index contributed by atoms with van der Waals surface area (Å²) >= 11 is 0. The molecule has 90 valence electrons. The molecule has 1 saturated carbocycles. The molecule has 1 aromatic rings. The highest BCUT2D eigenvalue weighted by Crippen LogP contribution is 2.29. The summed E-state index contributed by atoms with van der Waals surface area (Å²) in [5.41, 5.74) is 1.20. The van der Waals surface area contributed by atoms with Crippen molar-refractivity contribution in [1.82, 2.24) is 9.78 Å². The molecule has 0 aromatic carbocycles. The summed E-state index contributed by atoms with van der Waals surface area (Å²) in [7, 11) is 1.99. The Kier molecular flexibility index (Phi) is 3.52. The standard InChI is InChI=1S/C13H23N3/c1-10(8-12-6-4-5-7-12)14-13-9-11(2)16(3)15-13/h9-10,12H,4-8H2,1-3H3,(H,14,15). The highest BCUT2D eigenvalue weighted by molar-refractivity contribution is 5.36. The molecule has 1 atom stereocenters. The Bertz CT molecular complexity index is 317. The highest BCUT2D eigenvalue weighted by Gasteiger charge is 2.18. The quantitative estimate of drug-likeness (QED) is 0.846. The number of nitrogens with one attached hydrogen (secondary N) is 1. The summed E-state index contributed by atoms with van der Waals surface area (Å²) in [5, 5.41) is 7.93. The Morgan fingerprint density at radius 2 is 2.19 bits per heavy atom. The normalized spacial score (nSPS) is 18.9. The molecule has 0 radical (unpaired) electrons. The van der Waals surface area contributed by atoms with Gasteiger partial charge < -0.3 is 5.32 Å². The van der Waals surface area contributed by atoms with Crippen molar-refractivity contribution < 1.29 is 0 Å². The number of rotatable bonds is 4. The topological polar surface area (TPSA) is 29.9 Å². The molecule has 3 nitrogen and oxygen atoms in total. The van der Waals surface area contributed by atoms with E-state index in [4.69, 9.17) is 0 Å². The first-order chi connectivity index (χ1) is 7.65. The van der Waals surface area contributed by atoms with Crippen LogP contribution < -0.4 is 5.32 Å². The third-order valence-electron chi connectivity index (χ3n) is 3.67. The van der Waals surface area contributed by atoms with E-state index in [1.54, 1.807) is 0 Å². The van der Waals surface area contributed by atoms with Crippen LogP contribution in [-0.2, 0) is 7.05 Å². The van der Waals surface area contributed by atoms with Gasteiger partial charge in [0.05, 0.1) is 0 Å². The van der Waals surface area contributed by atoms with Gasteiger partial charge in [-0.1, -0.05) is 25.7 Å². The largest absolute Gasteiger partial charge is 0.366 e. The Hall–Kier alpha value is -0.990. The Balaban J connectivity index is 1.84. The fraction of sp³-hybridized carbons (Fsp3) is 0.769.